The van der Waals surface area contributed by atoms with Crippen molar-refractivity contribution >= 4 is 27.8 Å². The lowest BCUT2D eigenvalue weighted by molar-refractivity contribution is 0.0696. The van der Waals surface area contributed by atoms with E-state index in [9.17, 15) is 9.59 Å². The van der Waals surface area contributed by atoms with Gasteiger partial charge in [0.2, 0.25) is 5.91 Å². The topological polar surface area (TPSA) is 85.3 Å². The van der Waals surface area contributed by atoms with Crippen molar-refractivity contribution in [3.8, 4) is 0 Å². The zero-order valence-corrected chi connectivity index (χ0v) is 11.4. The predicted molar refractivity (Wildman–Crippen MR) is 73.2 cm³/mol. The quantitative estimate of drug-likeness (QED) is 0.903. The number of nitrogens with two attached hydrogens (primary N) is 1. The lowest BCUT2D eigenvalue weighted by Crippen LogP contribution is -2.10. The monoisotopic (exact) mass is 322 g/mol. The van der Waals surface area contributed by atoms with E-state index in [1.807, 2.05) is 0 Å². The molecule has 0 radical (unpaired) electrons. The molecule has 19 heavy (non-hydrogen) atoms. The number of aromatic carboxylic acids is 1. The molecule has 3 N–H and O–H groups in total. The zero-order chi connectivity index (χ0) is 14.0. The highest BCUT2D eigenvalue weighted by Gasteiger charge is 2.09. The van der Waals surface area contributed by atoms with Crippen molar-refractivity contribution in [2.45, 2.75) is 6.54 Å². The number of carbonyl (C=O) groups is 2. The average Bonchev–Trinajstić information content (AvgIpc) is 2.72. The van der Waals surface area contributed by atoms with Crippen LogP contribution in [0.3, 0.4) is 0 Å². The van der Waals surface area contributed by atoms with E-state index in [-0.39, 0.29) is 5.56 Å². The van der Waals surface area contributed by atoms with Gasteiger partial charge in [-0.05, 0) is 39.7 Å². The van der Waals surface area contributed by atoms with Gasteiger partial charge in [-0.2, -0.15) is 0 Å². The number of benzene rings is 1. The summed E-state index contributed by atoms with van der Waals surface area (Å²) < 4.78 is 2.45. The fraction of sp³-hybridized carbons (Fsp3) is 0.0769. The number of carboxylic acids is 1. The second kappa shape index (κ2) is 5.27. The van der Waals surface area contributed by atoms with E-state index in [0.717, 1.165) is 5.56 Å². The molecule has 0 unspecified atom stereocenters. The molecule has 0 aliphatic rings. The Morgan fingerprint density at radius 2 is 1.84 bits per heavy atom. The summed E-state index contributed by atoms with van der Waals surface area (Å²) in [6.45, 7) is 0.507. The number of hydrogen-bond donors (Lipinski definition) is 2. The highest BCUT2D eigenvalue weighted by Crippen LogP contribution is 2.17. The maximum absolute atomic E-state index is 10.9. The molecule has 98 valence electrons. The molecule has 0 aliphatic heterocycles. The summed E-state index contributed by atoms with van der Waals surface area (Å²) in [7, 11) is 0. The van der Waals surface area contributed by atoms with E-state index in [0.29, 0.717) is 16.7 Å². The molecular formula is C13H11BrN2O3. The molecule has 0 fully saturated rings. The van der Waals surface area contributed by atoms with Crippen LogP contribution in [0.25, 0.3) is 0 Å². The number of carbonyl (C=O) groups excluding carboxylic acids is 1. The Hall–Kier alpha value is -2.08. The Morgan fingerprint density at radius 3 is 2.32 bits per heavy atom. The number of rotatable bonds is 4. The van der Waals surface area contributed by atoms with E-state index in [2.05, 4.69) is 15.9 Å². The Morgan fingerprint density at radius 1 is 1.21 bits per heavy atom. The highest BCUT2D eigenvalue weighted by molar-refractivity contribution is 9.10. The van der Waals surface area contributed by atoms with Crippen molar-refractivity contribution in [3.63, 3.8) is 0 Å². The van der Waals surface area contributed by atoms with Crippen LogP contribution in [0.1, 0.15) is 26.3 Å². The van der Waals surface area contributed by atoms with Crippen molar-refractivity contribution in [1.82, 2.24) is 4.57 Å². The minimum Gasteiger partial charge on any atom is -0.478 e. The van der Waals surface area contributed by atoms with E-state index in [4.69, 9.17) is 10.8 Å². The molecule has 1 aromatic heterocycles. The average molecular weight is 323 g/mol. The van der Waals surface area contributed by atoms with Gasteiger partial charge in [-0.3, -0.25) is 4.79 Å². The molecule has 0 aliphatic carbocycles. The summed E-state index contributed by atoms with van der Waals surface area (Å²) in [5.74, 6) is -1.44. The smallest absolute Gasteiger partial charge is 0.337 e. The standard InChI is InChI=1S/C13H11BrN2O3/c14-11-5-10(13(18)19)7-16(11)6-8-1-3-9(4-2-8)12(15)17/h1-5,7H,6H2,(H2,15,17)(H,18,19). The predicted octanol–water partition coefficient (Wildman–Crippen LogP) is 2.10. The second-order valence-electron chi connectivity index (χ2n) is 4.05. The zero-order valence-electron chi connectivity index (χ0n) is 9.84. The summed E-state index contributed by atoms with van der Waals surface area (Å²) in [4.78, 5) is 21.8. The molecular weight excluding hydrogens is 312 g/mol. The lowest BCUT2D eigenvalue weighted by Gasteiger charge is -2.05. The summed E-state index contributed by atoms with van der Waals surface area (Å²) in [5, 5.41) is 8.90. The highest BCUT2D eigenvalue weighted by atomic mass is 79.9. The van der Waals surface area contributed by atoms with Gasteiger partial charge < -0.3 is 15.4 Å². The van der Waals surface area contributed by atoms with Crippen LogP contribution in [-0.2, 0) is 6.54 Å². The van der Waals surface area contributed by atoms with E-state index < -0.39 is 11.9 Å². The molecule has 5 nitrogen and oxygen atoms in total. The lowest BCUT2D eigenvalue weighted by atomic mass is 10.1. The van der Waals surface area contributed by atoms with Crippen molar-refractivity contribution in [2.75, 3.05) is 0 Å². The fourth-order valence-electron chi connectivity index (χ4n) is 1.69. The first-order valence-electron chi connectivity index (χ1n) is 5.45. The fourth-order valence-corrected chi connectivity index (χ4v) is 2.16. The van der Waals surface area contributed by atoms with Gasteiger partial charge in [0, 0.05) is 18.3 Å². The van der Waals surface area contributed by atoms with Crippen LogP contribution in [0.4, 0.5) is 0 Å². The normalized spacial score (nSPS) is 10.4. The maximum Gasteiger partial charge on any atom is 0.337 e. The number of nitrogens with zero attached hydrogens (tertiary/aromatic N) is 1. The first-order chi connectivity index (χ1) is 8.97. The number of primary amides is 1. The van der Waals surface area contributed by atoms with Gasteiger partial charge in [-0.15, -0.1) is 0 Å². The molecule has 0 saturated heterocycles. The molecule has 1 aromatic carbocycles. The molecule has 0 bridgehead atoms. The Bertz CT molecular complexity index is 632. The van der Waals surface area contributed by atoms with Crippen molar-refractivity contribution < 1.29 is 14.7 Å². The van der Waals surface area contributed by atoms with Crippen LogP contribution in [-0.4, -0.2) is 21.6 Å². The molecule has 6 heteroatoms. The minimum absolute atomic E-state index is 0.223. The summed E-state index contributed by atoms with van der Waals surface area (Å²) >= 11 is 3.31. The number of carboxylic acid groups (broad SMARTS) is 1. The van der Waals surface area contributed by atoms with E-state index in [1.54, 1.807) is 41.1 Å². The van der Waals surface area contributed by atoms with Crippen LogP contribution < -0.4 is 5.73 Å². The number of halogens is 1. The van der Waals surface area contributed by atoms with Crippen molar-refractivity contribution in [2.24, 2.45) is 5.73 Å². The van der Waals surface area contributed by atoms with Crippen LogP contribution in [0, 0.1) is 0 Å². The van der Waals surface area contributed by atoms with Crippen LogP contribution in [0.15, 0.2) is 41.1 Å². The number of amides is 1. The third-order valence-corrected chi connectivity index (χ3v) is 3.37. The van der Waals surface area contributed by atoms with E-state index in [1.165, 1.54) is 0 Å². The van der Waals surface area contributed by atoms with Gasteiger partial charge in [-0.1, -0.05) is 12.1 Å². The third kappa shape index (κ3) is 3.03. The first-order valence-corrected chi connectivity index (χ1v) is 6.24. The third-order valence-electron chi connectivity index (χ3n) is 2.68. The minimum atomic E-state index is -0.969. The SMILES string of the molecule is NC(=O)c1ccc(Cn2cc(C(=O)O)cc2Br)cc1. The van der Waals surface area contributed by atoms with Gasteiger partial charge in [0.05, 0.1) is 10.2 Å². The van der Waals surface area contributed by atoms with Gasteiger partial charge in [0.1, 0.15) is 0 Å². The summed E-state index contributed by atoms with van der Waals surface area (Å²) in [5.41, 5.74) is 6.77. The molecule has 0 atom stereocenters. The van der Waals surface area contributed by atoms with Crippen molar-refractivity contribution in [1.29, 1.82) is 0 Å². The number of hydrogen-bond acceptors (Lipinski definition) is 2. The van der Waals surface area contributed by atoms with Crippen LogP contribution in [0.5, 0.6) is 0 Å². The Kier molecular flexibility index (Phi) is 3.71. The number of aromatic nitrogens is 1. The Labute approximate surface area is 117 Å². The van der Waals surface area contributed by atoms with Gasteiger partial charge in [0.15, 0.2) is 0 Å². The molecule has 2 aromatic rings. The van der Waals surface area contributed by atoms with Crippen LogP contribution >= 0.6 is 15.9 Å². The molecule has 0 spiro atoms. The Balaban J connectivity index is 2.21. The van der Waals surface area contributed by atoms with Gasteiger partial charge in [-0.25, -0.2) is 4.79 Å². The largest absolute Gasteiger partial charge is 0.478 e. The molecule has 1 heterocycles. The molecule has 0 saturated carbocycles. The summed E-state index contributed by atoms with van der Waals surface area (Å²) in [6, 6.07) is 8.40. The van der Waals surface area contributed by atoms with Gasteiger partial charge in [0.25, 0.3) is 0 Å². The van der Waals surface area contributed by atoms with Crippen molar-refractivity contribution in [3.05, 3.63) is 57.8 Å². The second-order valence-corrected chi connectivity index (χ2v) is 4.86. The molecule has 2 rings (SSSR count). The molecule has 1 amide bonds. The van der Waals surface area contributed by atoms with E-state index >= 15 is 0 Å². The van der Waals surface area contributed by atoms with Gasteiger partial charge >= 0.3 is 5.97 Å². The summed E-state index contributed by atoms with van der Waals surface area (Å²) in [6.07, 6.45) is 1.55. The first kappa shape index (κ1) is 13.4. The van der Waals surface area contributed by atoms with Crippen LogP contribution in [0.2, 0.25) is 0 Å². The maximum atomic E-state index is 10.9.